The molecule has 1 aliphatic rings. The van der Waals surface area contributed by atoms with Crippen molar-refractivity contribution in [3.05, 3.63) is 0 Å². The molecule has 0 radical (unpaired) electrons. The van der Waals surface area contributed by atoms with Crippen LogP contribution in [0.4, 0.5) is 0 Å². The summed E-state index contributed by atoms with van der Waals surface area (Å²) in [5.74, 6) is 0.907. The average molecular weight is 270 g/mol. The van der Waals surface area contributed by atoms with E-state index >= 15 is 0 Å². The molecule has 1 aliphatic heterocycles. The second-order valence-electron chi connectivity index (χ2n) is 5.57. The Morgan fingerprint density at radius 1 is 1.39 bits per heavy atom. The molecular formula is C14H26N2OS. The van der Waals surface area contributed by atoms with Crippen LogP contribution in [0.2, 0.25) is 0 Å². The molecule has 0 aromatic rings. The third-order valence-corrected chi connectivity index (χ3v) is 4.77. The first-order valence-electron chi connectivity index (χ1n) is 7.05. The van der Waals surface area contributed by atoms with Crippen molar-refractivity contribution in [1.82, 2.24) is 4.90 Å². The monoisotopic (exact) mass is 270 g/mol. The van der Waals surface area contributed by atoms with Crippen LogP contribution in [0.25, 0.3) is 0 Å². The van der Waals surface area contributed by atoms with Gasteiger partial charge in [-0.15, -0.1) is 0 Å². The van der Waals surface area contributed by atoms with Crippen LogP contribution >= 0.6 is 12.2 Å². The van der Waals surface area contributed by atoms with Crippen molar-refractivity contribution in [3.63, 3.8) is 0 Å². The third kappa shape index (κ3) is 3.22. The smallest absolute Gasteiger partial charge is 0.235 e. The zero-order chi connectivity index (χ0) is 13.8. The first-order chi connectivity index (χ1) is 8.45. The van der Waals surface area contributed by atoms with Crippen molar-refractivity contribution in [3.8, 4) is 0 Å². The lowest BCUT2D eigenvalue weighted by atomic mass is 9.84. The number of amides is 1. The maximum absolute atomic E-state index is 12.5. The van der Waals surface area contributed by atoms with Crippen LogP contribution in [-0.2, 0) is 4.79 Å². The Bertz CT molecular complexity index is 311. The van der Waals surface area contributed by atoms with Crippen molar-refractivity contribution in [2.45, 2.75) is 52.9 Å². The number of rotatable bonds is 5. The molecule has 0 aromatic heterocycles. The van der Waals surface area contributed by atoms with Crippen LogP contribution in [0, 0.1) is 11.3 Å². The number of thiocarbonyl (C=S) groups is 1. The lowest BCUT2D eigenvalue weighted by Gasteiger charge is -2.37. The molecule has 0 saturated carbocycles. The minimum absolute atomic E-state index is 0.118. The summed E-state index contributed by atoms with van der Waals surface area (Å²) in [6.07, 6.45) is 5.43. The van der Waals surface area contributed by atoms with Crippen LogP contribution < -0.4 is 5.73 Å². The fourth-order valence-corrected chi connectivity index (χ4v) is 2.84. The van der Waals surface area contributed by atoms with Gasteiger partial charge in [0.05, 0.1) is 10.4 Å². The largest absolute Gasteiger partial charge is 0.392 e. The molecule has 1 atom stereocenters. The number of nitrogens with zero attached hydrogens (tertiary/aromatic N) is 1. The first-order valence-corrected chi connectivity index (χ1v) is 7.45. The summed E-state index contributed by atoms with van der Waals surface area (Å²) in [5, 5.41) is 0. The number of piperidine rings is 1. The van der Waals surface area contributed by atoms with E-state index in [0.29, 0.717) is 11.4 Å². The molecule has 1 heterocycles. The van der Waals surface area contributed by atoms with E-state index in [2.05, 4.69) is 6.92 Å². The van der Waals surface area contributed by atoms with E-state index in [-0.39, 0.29) is 5.91 Å². The van der Waals surface area contributed by atoms with E-state index in [4.69, 9.17) is 18.0 Å². The third-order valence-electron chi connectivity index (χ3n) is 4.32. The molecule has 4 heteroatoms. The molecule has 1 rings (SSSR count). The first kappa shape index (κ1) is 15.4. The summed E-state index contributed by atoms with van der Waals surface area (Å²) in [5.41, 5.74) is 5.09. The standard InChI is InChI=1S/C14H26N2OS/c1-4-6-11-7-9-16(10-8-11)13(17)14(3,5-2)12(15)18/h11H,4-10H2,1-3H3,(H2,15,18). The number of carbonyl (C=O) groups excluding carboxylic acids is 1. The lowest BCUT2D eigenvalue weighted by molar-refractivity contribution is -0.139. The van der Waals surface area contributed by atoms with Crippen molar-refractivity contribution in [1.29, 1.82) is 0 Å². The molecule has 3 nitrogen and oxygen atoms in total. The van der Waals surface area contributed by atoms with E-state index < -0.39 is 5.41 Å². The molecule has 2 N–H and O–H groups in total. The SMILES string of the molecule is CCCC1CCN(C(=O)C(C)(CC)C(N)=S)CC1. The predicted octanol–water partition coefficient (Wildman–Crippen LogP) is 2.73. The van der Waals surface area contributed by atoms with E-state index in [1.165, 1.54) is 12.8 Å². The van der Waals surface area contributed by atoms with Gasteiger partial charge >= 0.3 is 0 Å². The molecule has 0 aliphatic carbocycles. The maximum Gasteiger partial charge on any atom is 0.235 e. The minimum Gasteiger partial charge on any atom is -0.392 e. The Balaban J connectivity index is 2.62. The summed E-state index contributed by atoms with van der Waals surface area (Å²) >= 11 is 5.07. The zero-order valence-electron chi connectivity index (χ0n) is 11.9. The molecule has 0 bridgehead atoms. The Labute approximate surface area is 116 Å². The summed E-state index contributed by atoms with van der Waals surface area (Å²) in [6.45, 7) is 7.79. The molecule has 1 amide bonds. The van der Waals surface area contributed by atoms with E-state index in [1.807, 2.05) is 18.7 Å². The van der Waals surface area contributed by atoms with Crippen LogP contribution in [-0.4, -0.2) is 28.9 Å². The predicted molar refractivity (Wildman–Crippen MR) is 79.4 cm³/mol. The zero-order valence-corrected chi connectivity index (χ0v) is 12.7. The molecule has 1 saturated heterocycles. The van der Waals surface area contributed by atoms with Gasteiger partial charge in [-0.3, -0.25) is 4.79 Å². The highest BCUT2D eigenvalue weighted by Crippen LogP contribution is 2.29. The van der Waals surface area contributed by atoms with Crippen LogP contribution in [0.1, 0.15) is 52.9 Å². The van der Waals surface area contributed by atoms with E-state index in [9.17, 15) is 4.79 Å². The van der Waals surface area contributed by atoms with Gasteiger partial charge in [-0.05, 0) is 32.1 Å². The van der Waals surface area contributed by atoms with Gasteiger partial charge in [0.1, 0.15) is 0 Å². The fraction of sp³-hybridized carbons (Fsp3) is 0.857. The number of likely N-dealkylation sites (tertiary alicyclic amines) is 1. The lowest BCUT2D eigenvalue weighted by Crippen LogP contribution is -2.50. The highest BCUT2D eigenvalue weighted by molar-refractivity contribution is 7.80. The van der Waals surface area contributed by atoms with Crippen molar-refractivity contribution in [2.75, 3.05) is 13.1 Å². The average Bonchev–Trinajstić information content (AvgIpc) is 2.38. The molecule has 0 spiro atoms. The Morgan fingerprint density at radius 3 is 2.33 bits per heavy atom. The molecule has 104 valence electrons. The Hall–Kier alpha value is -0.640. The molecule has 1 fully saturated rings. The molecule has 0 aromatic carbocycles. The molecule has 18 heavy (non-hydrogen) atoms. The topological polar surface area (TPSA) is 46.3 Å². The Morgan fingerprint density at radius 2 is 1.94 bits per heavy atom. The molecular weight excluding hydrogens is 244 g/mol. The fourth-order valence-electron chi connectivity index (χ4n) is 2.61. The normalized spacial score (nSPS) is 20.5. The number of nitrogens with two attached hydrogens (primary N) is 1. The van der Waals surface area contributed by atoms with Crippen LogP contribution in [0.15, 0.2) is 0 Å². The summed E-state index contributed by atoms with van der Waals surface area (Å²) in [7, 11) is 0. The summed E-state index contributed by atoms with van der Waals surface area (Å²) < 4.78 is 0. The highest BCUT2D eigenvalue weighted by atomic mass is 32.1. The van der Waals surface area contributed by atoms with Gasteiger partial charge in [0.15, 0.2) is 0 Å². The Kier molecular flexibility index (Phi) is 5.57. The van der Waals surface area contributed by atoms with E-state index in [0.717, 1.165) is 31.8 Å². The maximum atomic E-state index is 12.5. The quantitative estimate of drug-likeness (QED) is 0.781. The van der Waals surface area contributed by atoms with Gasteiger partial charge in [-0.2, -0.15) is 0 Å². The van der Waals surface area contributed by atoms with Crippen molar-refractivity contribution < 1.29 is 4.79 Å². The minimum atomic E-state index is -0.660. The summed E-state index contributed by atoms with van der Waals surface area (Å²) in [6, 6.07) is 0. The summed E-state index contributed by atoms with van der Waals surface area (Å²) in [4.78, 5) is 14.8. The van der Waals surface area contributed by atoms with Gasteiger partial charge < -0.3 is 10.6 Å². The number of hydrogen-bond acceptors (Lipinski definition) is 2. The van der Waals surface area contributed by atoms with Gasteiger partial charge in [0.25, 0.3) is 0 Å². The van der Waals surface area contributed by atoms with Gasteiger partial charge in [-0.1, -0.05) is 38.9 Å². The molecule has 1 unspecified atom stereocenters. The van der Waals surface area contributed by atoms with Gasteiger partial charge in [0, 0.05) is 13.1 Å². The van der Waals surface area contributed by atoms with Crippen molar-refractivity contribution >= 4 is 23.1 Å². The van der Waals surface area contributed by atoms with Crippen LogP contribution in [0.5, 0.6) is 0 Å². The van der Waals surface area contributed by atoms with Gasteiger partial charge in [-0.25, -0.2) is 0 Å². The van der Waals surface area contributed by atoms with Crippen LogP contribution in [0.3, 0.4) is 0 Å². The second-order valence-corrected chi connectivity index (χ2v) is 6.01. The number of hydrogen-bond donors (Lipinski definition) is 1. The van der Waals surface area contributed by atoms with Gasteiger partial charge in [0.2, 0.25) is 5.91 Å². The second kappa shape index (κ2) is 6.50. The number of carbonyl (C=O) groups is 1. The highest BCUT2D eigenvalue weighted by Gasteiger charge is 2.38. The van der Waals surface area contributed by atoms with Crippen molar-refractivity contribution in [2.24, 2.45) is 17.1 Å². The van der Waals surface area contributed by atoms with E-state index in [1.54, 1.807) is 0 Å².